The summed E-state index contributed by atoms with van der Waals surface area (Å²) in [5.74, 6) is 1.09. The molecule has 1 aliphatic heterocycles. The molecule has 2 aromatic rings. The van der Waals surface area contributed by atoms with Crippen LogP contribution in [0, 0.1) is 0 Å². The summed E-state index contributed by atoms with van der Waals surface area (Å²) in [5, 5.41) is 3.15. The highest BCUT2D eigenvalue weighted by molar-refractivity contribution is 7.89. The van der Waals surface area contributed by atoms with Crippen LogP contribution < -0.4 is 5.32 Å². The van der Waals surface area contributed by atoms with E-state index in [2.05, 4.69) is 19.2 Å². The Kier molecular flexibility index (Phi) is 6.77. The second kappa shape index (κ2) is 9.11. The normalized spacial score (nSPS) is 16.9. The summed E-state index contributed by atoms with van der Waals surface area (Å²) in [6.45, 7) is 7.64. The van der Waals surface area contributed by atoms with Crippen LogP contribution in [0.25, 0.3) is 0 Å². The van der Waals surface area contributed by atoms with Crippen LogP contribution in [0.2, 0.25) is 0 Å². The third kappa shape index (κ3) is 5.07. The topological polar surface area (TPSA) is 82.9 Å². The predicted molar refractivity (Wildman–Crippen MR) is 111 cm³/mol. The van der Waals surface area contributed by atoms with Crippen LogP contribution in [0.1, 0.15) is 44.1 Å². The van der Waals surface area contributed by atoms with Gasteiger partial charge in [-0.05, 0) is 42.7 Å². The molecule has 1 aliphatic rings. The van der Waals surface area contributed by atoms with Crippen LogP contribution in [-0.4, -0.2) is 56.3 Å². The van der Waals surface area contributed by atoms with E-state index in [1.165, 1.54) is 4.31 Å². The predicted octanol–water partition coefficient (Wildman–Crippen LogP) is 2.59. The molecule has 1 aromatic heterocycles. The van der Waals surface area contributed by atoms with Gasteiger partial charge in [0.25, 0.3) is 0 Å². The van der Waals surface area contributed by atoms with Gasteiger partial charge < -0.3 is 9.32 Å². The van der Waals surface area contributed by atoms with Gasteiger partial charge in [-0.15, -0.1) is 0 Å². The number of nitrogens with zero attached hydrogens (tertiary/aromatic N) is 2. The number of hydrogen-bond acceptors (Lipinski definition) is 5. The second-order valence-corrected chi connectivity index (χ2v) is 9.56. The summed E-state index contributed by atoms with van der Waals surface area (Å²) in [5.41, 5.74) is 1.11. The van der Waals surface area contributed by atoms with Gasteiger partial charge >= 0.3 is 0 Å². The van der Waals surface area contributed by atoms with Crippen molar-refractivity contribution in [2.75, 3.05) is 32.7 Å². The summed E-state index contributed by atoms with van der Waals surface area (Å²) in [6.07, 6.45) is 1.60. The molecule has 8 heteroatoms. The number of furan rings is 1. The number of amides is 1. The van der Waals surface area contributed by atoms with Gasteiger partial charge in [0.2, 0.25) is 15.9 Å². The van der Waals surface area contributed by atoms with Gasteiger partial charge in [0.15, 0.2) is 0 Å². The molecule has 0 saturated carbocycles. The Morgan fingerprint density at radius 1 is 1.07 bits per heavy atom. The van der Waals surface area contributed by atoms with Gasteiger partial charge in [-0.1, -0.05) is 26.0 Å². The maximum atomic E-state index is 12.9. The van der Waals surface area contributed by atoms with Crippen LogP contribution in [0.5, 0.6) is 0 Å². The number of sulfonamides is 1. The van der Waals surface area contributed by atoms with Crippen molar-refractivity contribution in [1.29, 1.82) is 0 Å². The molecule has 29 heavy (non-hydrogen) atoms. The zero-order valence-electron chi connectivity index (χ0n) is 17.2. The number of piperazine rings is 1. The molecule has 2 heterocycles. The first kappa shape index (κ1) is 21.5. The number of nitrogens with one attached hydrogen (secondary N) is 1. The fraction of sp³-hybridized carbons (Fsp3) is 0.476. The zero-order valence-corrected chi connectivity index (χ0v) is 18.0. The second-order valence-electron chi connectivity index (χ2n) is 7.63. The smallest absolute Gasteiger partial charge is 0.243 e. The van der Waals surface area contributed by atoms with E-state index < -0.39 is 10.0 Å². The monoisotopic (exact) mass is 419 g/mol. The summed E-state index contributed by atoms with van der Waals surface area (Å²) < 4.78 is 32.6. The minimum absolute atomic E-state index is 0.0401. The highest BCUT2D eigenvalue weighted by Crippen LogP contribution is 2.21. The van der Waals surface area contributed by atoms with Crippen molar-refractivity contribution in [3.63, 3.8) is 0 Å². The average molecular weight is 420 g/mol. The molecule has 1 N–H and O–H groups in total. The number of rotatable bonds is 7. The number of hydrogen-bond donors (Lipinski definition) is 1. The SMILES string of the molecule is CC(C)c1ccc(S(=O)(=O)N2CCN(C(=O)CN[C@H](C)c3ccco3)CC2)cc1. The van der Waals surface area contributed by atoms with Crippen molar-refractivity contribution in [2.45, 2.75) is 37.6 Å². The van der Waals surface area contributed by atoms with Gasteiger partial charge in [0.1, 0.15) is 5.76 Å². The largest absolute Gasteiger partial charge is 0.468 e. The number of benzene rings is 1. The maximum Gasteiger partial charge on any atom is 0.243 e. The van der Waals surface area contributed by atoms with Crippen LogP contribution in [-0.2, 0) is 14.8 Å². The van der Waals surface area contributed by atoms with E-state index in [1.54, 1.807) is 23.3 Å². The zero-order chi connectivity index (χ0) is 21.0. The van der Waals surface area contributed by atoms with Crippen LogP contribution in [0.4, 0.5) is 0 Å². The van der Waals surface area contributed by atoms with E-state index in [0.717, 1.165) is 11.3 Å². The first-order valence-corrected chi connectivity index (χ1v) is 11.4. The third-order valence-electron chi connectivity index (χ3n) is 5.31. The minimum atomic E-state index is -3.54. The van der Waals surface area contributed by atoms with Crippen molar-refractivity contribution in [1.82, 2.24) is 14.5 Å². The van der Waals surface area contributed by atoms with Gasteiger partial charge in [-0.2, -0.15) is 4.31 Å². The number of carbonyl (C=O) groups excluding carboxylic acids is 1. The lowest BCUT2D eigenvalue weighted by molar-refractivity contribution is -0.131. The fourth-order valence-corrected chi connectivity index (χ4v) is 4.76. The Morgan fingerprint density at radius 2 is 1.72 bits per heavy atom. The van der Waals surface area contributed by atoms with Gasteiger partial charge in [-0.3, -0.25) is 10.1 Å². The lowest BCUT2D eigenvalue weighted by Crippen LogP contribution is -2.52. The van der Waals surface area contributed by atoms with Crippen LogP contribution >= 0.6 is 0 Å². The van der Waals surface area contributed by atoms with E-state index >= 15 is 0 Å². The molecule has 7 nitrogen and oxygen atoms in total. The molecular formula is C21H29N3O4S. The standard InChI is InChI=1S/C21H29N3O4S/c1-16(2)18-6-8-19(9-7-18)29(26,27)24-12-10-23(11-13-24)21(25)15-22-17(3)20-5-4-14-28-20/h4-9,14,16-17,22H,10-13,15H2,1-3H3/t17-/m1/s1. The highest BCUT2D eigenvalue weighted by atomic mass is 32.2. The molecule has 1 saturated heterocycles. The molecular weight excluding hydrogens is 390 g/mol. The molecule has 158 valence electrons. The molecule has 1 aromatic carbocycles. The highest BCUT2D eigenvalue weighted by Gasteiger charge is 2.30. The Hall–Kier alpha value is -2.16. The first-order chi connectivity index (χ1) is 13.8. The summed E-state index contributed by atoms with van der Waals surface area (Å²) in [4.78, 5) is 14.5. The molecule has 1 amide bonds. The lowest BCUT2D eigenvalue weighted by Gasteiger charge is -2.34. The average Bonchev–Trinajstić information content (AvgIpc) is 3.27. The molecule has 3 rings (SSSR count). The molecule has 1 atom stereocenters. The Labute approximate surface area is 172 Å². The Bertz CT molecular complexity index is 900. The molecule has 0 bridgehead atoms. The quantitative estimate of drug-likeness (QED) is 0.746. The number of carbonyl (C=O) groups is 1. The molecule has 0 spiro atoms. The van der Waals surface area contributed by atoms with Crippen molar-refractivity contribution in [2.24, 2.45) is 0 Å². The van der Waals surface area contributed by atoms with Crippen molar-refractivity contribution in [3.8, 4) is 0 Å². The van der Waals surface area contributed by atoms with Crippen molar-refractivity contribution < 1.29 is 17.6 Å². The fourth-order valence-electron chi connectivity index (χ4n) is 3.34. The Morgan fingerprint density at radius 3 is 2.28 bits per heavy atom. The van der Waals surface area contributed by atoms with E-state index in [9.17, 15) is 13.2 Å². The van der Waals surface area contributed by atoms with E-state index in [1.807, 2.05) is 31.2 Å². The molecule has 1 fully saturated rings. The third-order valence-corrected chi connectivity index (χ3v) is 7.22. The molecule has 0 unspecified atom stereocenters. The van der Waals surface area contributed by atoms with Gasteiger partial charge in [0, 0.05) is 26.2 Å². The van der Waals surface area contributed by atoms with Crippen molar-refractivity contribution >= 4 is 15.9 Å². The van der Waals surface area contributed by atoms with E-state index in [4.69, 9.17) is 4.42 Å². The molecule has 0 radical (unpaired) electrons. The van der Waals surface area contributed by atoms with Gasteiger partial charge in [0.05, 0.1) is 23.7 Å². The molecule has 0 aliphatic carbocycles. The summed E-state index contributed by atoms with van der Waals surface area (Å²) >= 11 is 0. The van der Waals surface area contributed by atoms with E-state index in [0.29, 0.717) is 37.0 Å². The summed E-state index contributed by atoms with van der Waals surface area (Å²) in [7, 11) is -3.54. The lowest BCUT2D eigenvalue weighted by atomic mass is 10.0. The van der Waals surface area contributed by atoms with Crippen molar-refractivity contribution in [3.05, 3.63) is 54.0 Å². The van der Waals surface area contributed by atoms with E-state index in [-0.39, 0.29) is 18.5 Å². The van der Waals surface area contributed by atoms with Gasteiger partial charge in [-0.25, -0.2) is 8.42 Å². The van der Waals surface area contributed by atoms with Crippen LogP contribution in [0.15, 0.2) is 52.0 Å². The minimum Gasteiger partial charge on any atom is -0.468 e. The first-order valence-electron chi connectivity index (χ1n) is 9.93. The Balaban J connectivity index is 1.53. The maximum absolute atomic E-state index is 12.9. The van der Waals surface area contributed by atoms with Crippen LogP contribution in [0.3, 0.4) is 0 Å². The summed E-state index contributed by atoms with van der Waals surface area (Å²) in [6, 6.07) is 10.7.